The Hall–Kier alpha value is -3.86. The number of rotatable bonds is 13. The molecule has 0 aromatic carbocycles. The van der Waals surface area contributed by atoms with Crippen LogP contribution in [0, 0.1) is 5.41 Å². The Labute approximate surface area is 266 Å². The zero-order valence-electron chi connectivity index (χ0n) is 28.3. The fourth-order valence-electron chi connectivity index (χ4n) is 4.53. The molecule has 1 aliphatic rings. The molecule has 0 aromatic rings. The summed E-state index contributed by atoms with van der Waals surface area (Å²) in [5.41, 5.74) is 7.12. The van der Waals surface area contributed by atoms with E-state index in [-0.39, 0.29) is 17.0 Å². The molecular formula is C40H52O4. The van der Waals surface area contributed by atoms with Crippen molar-refractivity contribution in [3.63, 3.8) is 0 Å². The van der Waals surface area contributed by atoms with Crippen LogP contribution in [-0.2, 0) is 9.59 Å². The predicted molar refractivity (Wildman–Crippen MR) is 187 cm³/mol. The molecule has 0 saturated carbocycles. The van der Waals surface area contributed by atoms with Crippen molar-refractivity contribution < 1.29 is 19.8 Å². The summed E-state index contributed by atoms with van der Waals surface area (Å²) in [6.07, 6.45) is 29.7. The lowest BCUT2D eigenvalue weighted by molar-refractivity contribution is -0.125. The molecule has 0 radical (unpaired) electrons. The van der Waals surface area contributed by atoms with Crippen molar-refractivity contribution in [2.75, 3.05) is 0 Å². The van der Waals surface area contributed by atoms with Gasteiger partial charge in [-0.2, -0.15) is 0 Å². The van der Waals surface area contributed by atoms with E-state index < -0.39 is 12.2 Å². The molecule has 0 aliphatic heterocycles. The van der Waals surface area contributed by atoms with Crippen LogP contribution in [0.3, 0.4) is 0 Å². The number of carbonyl (C=O) groups is 2. The lowest BCUT2D eigenvalue weighted by Crippen LogP contribution is -2.35. The van der Waals surface area contributed by atoms with Crippen LogP contribution in [0.25, 0.3) is 0 Å². The van der Waals surface area contributed by atoms with Crippen molar-refractivity contribution in [1.82, 2.24) is 0 Å². The number of carbonyl (C=O) groups excluding carboxylic acids is 2. The first kappa shape index (κ1) is 38.2. The summed E-state index contributed by atoms with van der Waals surface area (Å²) in [5.74, 6) is -0.470. The molecule has 0 fully saturated rings. The number of hydrogen-bond acceptors (Lipinski definition) is 4. The van der Waals surface area contributed by atoms with E-state index in [4.69, 9.17) is 0 Å². The van der Waals surface area contributed by atoms with Gasteiger partial charge < -0.3 is 10.2 Å². The van der Waals surface area contributed by atoms with Gasteiger partial charge in [0.2, 0.25) is 0 Å². The molecule has 4 nitrogen and oxygen atoms in total. The van der Waals surface area contributed by atoms with Gasteiger partial charge in [0.15, 0.2) is 11.6 Å². The number of aliphatic hydroxyl groups excluding tert-OH is 2. The van der Waals surface area contributed by atoms with Gasteiger partial charge in [0.1, 0.15) is 12.2 Å². The molecule has 0 amide bonds. The second kappa shape index (κ2) is 18.7. The van der Waals surface area contributed by atoms with E-state index in [9.17, 15) is 19.8 Å². The Bertz CT molecular complexity index is 1410. The quantitative estimate of drug-likeness (QED) is 0.126. The van der Waals surface area contributed by atoms with Gasteiger partial charge in [-0.3, -0.25) is 9.59 Å². The normalized spacial score (nSPS) is 20.3. The lowest BCUT2D eigenvalue weighted by Gasteiger charge is -2.34. The third-order valence-electron chi connectivity index (χ3n) is 7.14. The average Bonchev–Trinajstić information content (AvgIpc) is 2.92. The minimum atomic E-state index is -1.10. The van der Waals surface area contributed by atoms with Crippen LogP contribution in [-0.4, -0.2) is 34.0 Å². The molecule has 2 atom stereocenters. The van der Waals surface area contributed by atoms with E-state index >= 15 is 0 Å². The zero-order chi connectivity index (χ0) is 33.4. The second-order valence-electron chi connectivity index (χ2n) is 12.3. The minimum absolute atomic E-state index is 0.177. The van der Waals surface area contributed by atoms with Crippen LogP contribution in [0.5, 0.6) is 0 Å². The van der Waals surface area contributed by atoms with Crippen LogP contribution < -0.4 is 0 Å². The van der Waals surface area contributed by atoms with E-state index in [1.54, 1.807) is 26.0 Å². The highest BCUT2D eigenvalue weighted by molar-refractivity contribution is 6.00. The van der Waals surface area contributed by atoms with E-state index in [0.29, 0.717) is 17.6 Å². The molecule has 1 aliphatic carbocycles. The molecule has 236 valence electrons. The van der Waals surface area contributed by atoms with Gasteiger partial charge in [0.25, 0.3) is 0 Å². The monoisotopic (exact) mass is 596 g/mol. The number of aliphatic hydroxyl groups is 2. The molecule has 0 heterocycles. The van der Waals surface area contributed by atoms with E-state index in [1.165, 1.54) is 0 Å². The van der Waals surface area contributed by atoms with Crippen LogP contribution in [0.1, 0.15) is 75.7 Å². The van der Waals surface area contributed by atoms with Gasteiger partial charge in [-0.1, -0.05) is 133 Å². The molecule has 4 heteroatoms. The molecule has 0 saturated heterocycles. The second-order valence-corrected chi connectivity index (χ2v) is 12.3. The maximum absolute atomic E-state index is 12.2. The van der Waals surface area contributed by atoms with E-state index in [1.807, 2.05) is 127 Å². The molecule has 0 spiro atoms. The molecule has 0 bridgehead atoms. The first-order valence-corrected chi connectivity index (χ1v) is 15.1. The van der Waals surface area contributed by atoms with Gasteiger partial charge in [-0.05, 0) is 90.0 Å². The van der Waals surface area contributed by atoms with Gasteiger partial charge >= 0.3 is 0 Å². The van der Waals surface area contributed by atoms with E-state index in [0.717, 1.165) is 33.4 Å². The van der Waals surface area contributed by atoms with Crippen molar-refractivity contribution >= 4 is 11.6 Å². The highest BCUT2D eigenvalue weighted by Gasteiger charge is 2.36. The Kier molecular flexibility index (Phi) is 16.2. The van der Waals surface area contributed by atoms with Crippen molar-refractivity contribution in [1.29, 1.82) is 0 Å². The fourth-order valence-corrected chi connectivity index (χ4v) is 4.53. The lowest BCUT2D eigenvalue weighted by atomic mass is 9.71. The predicted octanol–water partition coefficient (Wildman–Crippen LogP) is 9.07. The molecule has 0 aromatic heterocycles. The molecule has 2 N–H and O–H groups in total. The fraction of sp³-hybridized carbons (Fsp3) is 0.350. The van der Waals surface area contributed by atoms with Gasteiger partial charge in [-0.25, -0.2) is 0 Å². The molecule has 44 heavy (non-hydrogen) atoms. The summed E-state index contributed by atoms with van der Waals surface area (Å²) in [7, 11) is 0. The Morgan fingerprint density at radius 1 is 0.750 bits per heavy atom. The highest BCUT2D eigenvalue weighted by atomic mass is 16.3. The summed E-state index contributed by atoms with van der Waals surface area (Å²) < 4.78 is 0. The third kappa shape index (κ3) is 14.1. The smallest absolute Gasteiger partial charge is 0.190 e. The Balaban J connectivity index is 2.69. The highest BCUT2D eigenvalue weighted by Crippen LogP contribution is 2.39. The number of hydrogen-bond donors (Lipinski definition) is 2. The van der Waals surface area contributed by atoms with Gasteiger partial charge in [0.05, 0.1) is 0 Å². The van der Waals surface area contributed by atoms with Crippen LogP contribution in [0.2, 0.25) is 0 Å². The largest absolute Gasteiger partial charge is 0.385 e. The Morgan fingerprint density at radius 3 is 1.66 bits per heavy atom. The standard InChI is InChI=1S/C40H52O4/c1-28(2)26-36(41)38(43)33(7)23-15-22-31(5)20-13-18-29(3)16-11-12-17-30(4)19-14-21-32(6)24-25-35-34(8)39(44)37(42)27-40(35,9)10/h11-26,36-37,41-42H,27H2,1-10H3/b12-11+,18-13+,19-14+,22-15+,25-24+,29-16+,30-17+,31-20+,32-21+,33-23+. The molecule has 2 unspecified atom stereocenters. The third-order valence-corrected chi connectivity index (χ3v) is 7.14. The zero-order valence-corrected chi connectivity index (χ0v) is 28.3. The van der Waals surface area contributed by atoms with Gasteiger partial charge in [-0.15, -0.1) is 0 Å². The maximum atomic E-state index is 12.2. The van der Waals surface area contributed by atoms with Crippen molar-refractivity contribution in [2.24, 2.45) is 5.41 Å². The van der Waals surface area contributed by atoms with Crippen LogP contribution >= 0.6 is 0 Å². The molecule has 1 rings (SSSR count). The van der Waals surface area contributed by atoms with E-state index in [2.05, 4.69) is 13.8 Å². The first-order chi connectivity index (χ1) is 20.5. The number of ketones is 2. The van der Waals surface area contributed by atoms with Crippen LogP contribution in [0.4, 0.5) is 0 Å². The topological polar surface area (TPSA) is 74.6 Å². The van der Waals surface area contributed by atoms with Crippen molar-refractivity contribution in [2.45, 2.75) is 87.9 Å². The summed E-state index contributed by atoms with van der Waals surface area (Å²) in [6, 6.07) is 0. The SMILES string of the molecule is CC(C)=CC(O)C(=O)/C(C)=C/C=C/C(C)=C/C=C/C(C)=C/C=C/C=C(C)/C=C/C=C(C)/C=C/C1=C(C)C(=O)C(O)CC1(C)C. The van der Waals surface area contributed by atoms with Gasteiger partial charge in [0, 0.05) is 0 Å². The van der Waals surface area contributed by atoms with Crippen molar-refractivity contribution in [3.05, 3.63) is 142 Å². The minimum Gasteiger partial charge on any atom is -0.385 e. The Morgan fingerprint density at radius 2 is 1.18 bits per heavy atom. The van der Waals surface area contributed by atoms with Crippen molar-refractivity contribution in [3.8, 4) is 0 Å². The summed E-state index contributed by atoms with van der Waals surface area (Å²) >= 11 is 0. The van der Waals surface area contributed by atoms with Crippen LogP contribution in [0.15, 0.2) is 142 Å². The molecular weight excluding hydrogens is 544 g/mol. The number of allylic oxidation sites excluding steroid dienone is 21. The summed E-state index contributed by atoms with van der Waals surface area (Å²) in [6.45, 7) is 19.4. The summed E-state index contributed by atoms with van der Waals surface area (Å²) in [5, 5.41) is 19.9. The first-order valence-electron chi connectivity index (χ1n) is 15.1. The average molecular weight is 597 g/mol. The number of Topliss-reactive ketones (excluding diaryl/α,β-unsaturated/α-hetero) is 2. The summed E-state index contributed by atoms with van der Waals surface area (Å²) in [4.78, 5) is 24.4. The maximum Gasteiger partial charge on any atom is 0.190 e.